The number of β-amino-alcohol motifs (C(OH)–C–C–N with tert-alkyl or cyclic N) is 1. The normalized spacial score (nSPS) is 16.8. The summed E-state index contributed by atoms with van der Waals surface area (Å²) in [6.07, 6.45) is 0.704. The van der Waals surface area contributed by atoms with Crippen LogP contribution in [0.2, 0.25) is 0 Å². The molecule has 1 saturated heterocycles. The second-order valence-corrected chi connectivity index (χ2v) is 4.92. The fraction of sp³-hybridized carbons (Fsp3) is 0.538. The Morgan fingerprint density at radius 3 is 2.67 bits per heavy atom. The van der Waals surface area contributed by atoms with Crippen LogP contribution in [0.3, 0.4) is 0 Å². The Morgan fingerprint density at radius 2 is 2.00 bits per heavy atom. The van der Waals surface area contributed by atoms with E-state index in [0.29, 0.717) is 38.7 Å². The highest BCUT2D eigenvalue weighted by Crippen LogP contribution is 2.32. The van der Waals surface area contributed by atoms with Crippen LogP contribution in [0.1, 0.15) is 6.42 Å². The fourth-order valence-electron chi connectivity index (χ4n) is 2.55. The summed E-state index contributed by atoms with van der Waals surface area (Å²) in [5.74, 6) is -1.99. The number of benzene rings is 1. The minimum Gasteiger partial charge on any atom is -0.395 e. The molecule has 0 radical (unpaired) electrons. The average Bonchev–Trinajstić information content (AvgIpc) is 2.63. The van der Waals surface area contributed by atoms with Crippen molar-refractivity contribution >= 4 is 11.4 Å². The molecular formula is C13H17F2N3O3. The van der Waals surface area contributed by atoms with E-state index in [4.69, 9.17) is 5.11 Å². The maximum Gasteiger partial charge on any atom is 0.328 e. The summed E-state index contributed by atoms with van der Waals surface area (Å²) in [6.45, 7) is 2.77. The molecule has 0 spiro atoms. The second-order valence-electron chi connectivity index (χ2n) is 4.92. The van der Waals surface area contributed by atoms with Gasteiger partial charge in [-0.2, -0.15) is 4.39 Å². The summed E-state index contributed by atoms with van der Waals surface area (Å²) in [6, 6.07) is 1.53. The molecule has 0 aliphatic carbocycles. The number of nitro benzene ring substituents is 1. The van der Waals surface area contributed by atoms with Gasteiger partial charge in [0.1, 0.15) is 11.5 Å². The number of hydrogen-bond acceptors (Lipinski definition) is 5. The van der Waals surface area contributed by atoms with Crippen LogP contribution in [0.25, 0.3) is 0 Å². The molecule has 0 saturated carbocycles. The summed E-state index contributed by atoms with van der Waals surface area (Å²) in [5, 5.41) is 20.0. The lowest BCUT2D eigenvalue weighted by Gasteiger charge is -2.23. The summed E-state index contributed by atoms with van der Waals surface area (Å²) in [7, 11) is 0. The zero-order valence-electron chi connectivity index (χ0n) is 11.5. The number of halogens is 2. The minimum atomic E-state index is -1.16. The van der Waals surface area contributed by atoms with Crippen molar-refractivity contribution < 1.29 is 18.8 Å². The summed E-state index contributed by atoms with van der Waals surface area (Å²) in [5.41, 5.74) is -0.713. The van der Waals surface area contributed by atoms with Crippen LogP contribution in [-0.4, -0.2) is 54.3 Å². The zero-order valence-corrected chi connectivity index (χ0v) is 11.5. The second kappa shape index (κ2) is 6.77. The molecule has 0 aromatic heterocycles. The zero-order chi connectivity index (χ0) is 15.4. The summed E-state index contributed by atoms with van der Waals surface area (Å²) in [4.78, 5) is 13.8. The van der Waals surface area contributed by atoms with Crippen LogP contribution in [0.4, 0.5) is 20.2 Å². The van der Waals surface area contributed by atoms with Gasteiger partial charge in [0.25, 0.3) is 0 Å². The Morgan fingerprint density at radius 1 is 1.24 bits per heavy atom. The number of hydrogen-bond donors (Lipinski definition) is 1. The summed E-state index contributed by atoms with van der Waals surface area (Å²) < 4.78 is 27.1. The van der Waals surface area contributed by atoms with Crippen molar-refractivity contribution in [3.8, 4) is 0 Å². The van der Waals surface area contributed by atoms with Gasteiger partial charge < -0.3 is 10.0 Å². The first kappa shape index (κ1) is 15.6. The van der Waals surface area contributed by atoms with E-state index in [1.54, 1.807) is 4.90 Å². The molecule has 0 unspecified atom stereocenters. The van der Waals surface area contributed by atoms with Crippen LogP contribution in [0.5, 0.6) is 0 Å². The first-order valence-corrected chi connectivity index (χ1v) is 6.74. The molecule has 116 valence electrons. The number of nitrogens with zero attached hydrogens (tertiary/aromatic N) is 3. The Labute approximate surface area is 120 Å². The van der Waals surface area contributed by atoms with Gasteiger partial charge in [0.2, 0.25) is 5.82 Å². The highest BCUT2D eigenvalue weighted by atomic mass is 19.1. The van der Waals surface area contributed by atoms with Crippen molar-refractivity contribution in [2.24, 2.45) is 0 Å². The number of aliphatic hydroxyl groups is 1. The van der Waals surface area contributed by atoms with Crippen molar-refractivity contribution in [1.82, 2.24) is 4.90 Å². The number of aliphatic hydroxyl groups excluding tert-OH is 1. The van der Waals surface area contributed by atoms with Crippen molar-refractivity contribution in [3.63, 3.8) is 0 Å². The average molecular weight is 301 g/mol. The smallest absolute Gasteiger partial charge is 0.328 e. The highest BCUT2D eigenvalue weighted by Gasteiger charge is 2.27. The quantitative estimate of drug-likeness (QED) is 0.672. The third-order valence-electron chi connectivity index (χ3n) is 3.54. The molecule has 1 aromatic carbocycles. The molecule has 8 heteroatoms. The third kappa shape index (κ3) is 3.64. The topological polar surface area (TPSA) is 69.9 Å². The van der Waals surface area contributed by atoms with E-state index < -0.39 is 22.2 Å². The number of nitro groups is 1. The van der Waals surface area contributed by atoms with E-state index in [1.165, 1.54) is 0 Å². The lowest BCUT2D eigenvalue weighted by Crippen LogP contribution is -2.32. The van der Waals surface area contributed by atoms with Crippen LogP contribution < -0.4 is 4.90 Å². The molecular weight excluding hydrogens is 284 g/mol. The lowest BCUT2D eigenvalue weighted by molar-refractivity contribution is -0.386. The molecule has 0 amide bonds. The molecule has 1 aliphatic heterocycles. The predicted molar refractivity (Wildman–Crippen MR) is 73.4 cm³/mol. The van der Waals surface area contributed by atoms with E-state index >= 15 is 0 Å². The van der Waals surface area contributed by atoms with Gasteiger partial charge in [0.05, 0.1) is 11.5 Å². The van der Waals surface area contributed by atoms with Crippen LogP contribution in [-0.2, 0) is 0 Å². The lowest BCUT2D eigenvalue weighted by atomic mass is 10.2. The number of rotatable bonds is 4. The monoisotopic (exact) mass is 301 g/mol. The third-order valence-corrected chi connectivity index (χ3v) is 3.54. The number of anilines is 1. The van der Waals surface area contributed by atoms with Gasteiger partial charge in [0.15, 0.2) is 0 Å². The van der Waals surface area contributed by atoms with Crippen molar-refractivity contribution in [1.29, 1.82) is 0 Å². The molecule has 21 heavy (non-hydrogen) atoms. The van der Waals surface area contributed by atoms with E-state index in [1.807, 2.05) is 4.90 Å². The van der Waals surface area contributed by atoms with E-state index in [0.717, 1.165) is 12.6 Å². The highest BCUT2D eigenvalue weighted by molar-refractivity contribution is 5.64. The van der Waals surface area contributed by atoms with Gasteiger partial charge >= 0.3 is 5.69 Å². The largest absolute Gasteiger partial charge is 0.395 e. The molecule has 1 heterocycles. The molecule has 1 fully saturated rings. The first-order valence-electron chi connectivity index (χ1n) is 6.74. The summed E-state index contributed by atoms with van der Waals surface area (Å²) >= 11 is 0. The fourth-order valence-corrected chi connectivity index (χ4v) is 2.55. The van der Waals surface area contributed by atoms with Crippen molar-refractivity contribution in [2.75, 3.05) is 44.2 Å². The maximum absolute atomic E-state index is 13.7. The van der Waals surface area contributed by atoms with Gasteiger partial charge in [-0.25, -0.2) is 4.39 Å². The predicted octanol–water partition coefficient (Wildman–Crippen LogP) is 1.38. The molecule has 1 aromatic rings. The molecule has 1 aliphatic rings. The molecule has 6 nitrogen and oxygen atoms in total. The van der Waals surface area contributed by atoms with E-state index in [9.17, 15) is 18.9 Å². The molecule has 2 rings (SSSR count). The van der Waals surface area contributed by atoms with Crippen LogP contribution in [0.15, 0.2) is 12.1 Å². The Balaban J connectivity index is 2.27. The maximum atomic E-state index is 13.7. The Kier molecular flexibility index (Phi) is 5.03. The Hall–Kier alpha value is -1.80. The van der Waals surface area contributed by atoms with Crippen molar-refractivity contribution in [2.45, 2.75) is 6.42 Å². The van der Waals surface area contributed by atoms with Gasteiger partial charge in [-0.1, -0.05) is 0 Å². The van der Waals surface area contributed by atoms with Gasteiger partial charge in [-0.15, -0.1) is 0 Å². The van der Waals surface area contributed by atoms with Crippen LogP contribution in [0, 0.1) is 21.7 Å². The standard InChI is InChI=1S/C13H17F2N3O3/c14-10-8-11(15)13(18(20)21)12(9-10)17-3-1-2-16(4-5-17)6-7-19/h8-9,19H,1-7H2. The molecule has 1 N–H and O–H groups in total. The molecule has 0 atom stereocenters. The van der Waals surface area contributed by atoms with Gasteiger partial charge in [-0.3, -0.25) is 15.0 Å². The van der Waals surface area contributed by atoms with E-state index in [-0.39, 0.29) is 12.3 Å². The Bertz CT molecular complexity index is 528. The SMILES string of the molecule is O=[N+]([O-])c1c(F)cc(F)cc1N1CCCN(CCO)CC1. The van der Waals surface area contributed by atoms with E-state index in [2.05, 4.69) is 0 Å². The van der Waals surface area contributed by atoms with Gasteiger partial charge in [0, 0.05) is 38.3 Å². The van der Waals surface area contributed by atoms with Crippen molar-refractivity contribution in [3.05, 3.63) is 33.9 Å². The minimum absolute atomic E-state index is 0.0247. The van der Waals surface area contributed by atoms with Crippen LogP contribution >= 0.6 is 0 Å². The molecule has 0 bridgehead atoms. The first-order chi connectivity index (χ1) is 10.0. The van der Waals surface area contributed by atoms with Gasteiger partial charge in [-0.05, 0) is 13.0 Å².